The van der Waals surface area contributed by atoms with E-state index in [0.29, 0.717) is 18.2 Å². The van der Waals surface area contributed by atoms with Crippen LogP contribution in [-0.2, 0) is 15.6 Å². The number of hydrogen-bond acceptors (Lipinski definition) is 3. The molecule has 1 heterocycles. The summed E-state index contributed by atoms with van der Waals surface area (Å²) in [5, 5.41) is 5.90. The van der Waals surface area contributed by atoms with Crippen LogP contribution in [0.4, 0.5) is 0 Å². The van der Waals surface area contributed by atoms with Crippen LogP contribution in [0.15, 0.2) is 0 Å². The van der Waals surface area contributed by atoms with Crippen LogP contribution < -0.4 is 10.6 Å². The predicted molar refractivity (Wildman–Crippen MR) is 62.2 cm³/mol. The zero-order chi connectivity index (χ0) is 11.1. The smallest absolute Gasteiger partial charge is 0.232 e. The molecule has 5 heteroatoms. The molecule has 15 heavy (non-hydrogen) atoms. The lowest BCUT2D eigenvalue weighted by Gasteiger charge is -2.26. The van der Waals surface area contributed by atoms with Crippen molar-refractivity contribution in [2.24, 2.45) is 5.92 Å². The van der Waals surface area contributed by atoms with Crippen LogP contribution in [0, 0.1) is 5.92 Å². The van der Waals surface area contributed by atoms with Crippen molar-refractivity contribution in [1.82, 2.24) is 10.6 Å². The Morgan fingerprint density at radius 1 is 1.53 bits per heavy atom. The first-order valence-corrected chi connectivity index (χ1v) is 7.03. The molecule has 0 aliphatic carbocycles. The highest BCUT2D eigenvalue weighted by molar-refractivity contribution is 7.85. The zero-order valence-corrected chi connectivity index (χ0v) is 10.1. The van der Waals surface area contributed by atoms with E-state index >= 15 is 0 Å². The van der Waals surface area contributed by atoms with Gasteiger partial charge in [0.05, 0.1) is 0 Å². The Morgan fingerprint density at radius 2 is 2.27 bits per heavy atom. The Kier molecular flexibility index (Phi) is 5.86. The van der Waals surface area contributed by atoms with Gasteiger partial charge >= 0.3 is 0 Å². The lowest BCUT2D eigenvalue weighted by Crippen LogP contribution is -2.45. The molecule has 0 aromatic carbocycles. The average Bonchev–Trinajstić information content (AvgIpc) is 2.12. The predicted octanol–water partition coefficient (Wildman–Crippen LogP) is -0.129. The van der Waals surface area contributed by atoms with Crippen LogP contribution in [0.2, 0.25) is 0 Å². The van der Waals surface area contributed by atoms with Crippen LogP contribution in [-0.4, -0.2) is 41.3 Å². The fourth-order valence-corrected chi connectivity index (χ4v) is 2.66. The third kappa shape index (κ3) is 5.28. The van der Waals surface area contributed by atoms with Gasteiger partial charge in [-0.15, -0.1) is 0 Å². The van der Waals surface area contributed by atoms with Gasteiger partial charge in [-0.3, -0.25) is 9.00 Å². The summed E-state index contributed by atoms with van der Waals surface area (Å²) in [7, 11) is -0.986. The first-order valence-electron chi connectivity index (χ1n) is 5.54. The number of nitrogens with one attached hydrogen (secondary N) is 2. The number of amides is 1. The molecule has 4 nitrogen and oxygen atoms in total. The highest BCUT2D eigenvalue weighted by Gasteiger charge is 2.20. The minimum atomic E-state index is -0.986. The zero-order valence-electron chi connectivity index (χ0n) is 9.25. The second kappa shape index (κ2) is 6.95. The van der Waals surface area contributed by atoms with Gasteiger partial charge in [0, 0.05) is 36.2 Å². The van der Waals surface area contributed by atoms with E-state index in [1.54, 1.807) is 0 Å². The molecule has 1 rings (SSSR count). The number of carbonyl (C=O) groups excluding carboxylic acids is 1. The Labute approximate surface area is 93.7 Å². The van der Waals surface area contributed by atoms with Gasteiger partial charge in [-0.25, -0.2) is 0 Å². The lowest BCUT2D eigenvalue weighted by atomic mass is 10.1. The van der Waals surface area contributed by atoms with Gasteiger partial charge in [0.1, 0.15) is 5.75 Å². The van der Waals surface area contributed by atoms with Crippen LogP contribution >= 0.6 is 0 Å². The van der Waals surface area contributed by atoms with E-state index in [1.165, 1.54) is 0 Å². The van der Waals surface area contributed by atoms with Crippen molar-refractivity contribution in [2.75, 3.05) is 31.1 Å². The maximum Gasteiger partial charge on any atom is 0.232 e. The largest absolute Gasteiger partial charge is 0.355 e. The van der Waals surface area contributed by atoms with Crippen LogP contribution in [0.5, 0.6) is 0 Å². The van der Waals surface area contributed by atoms with Crippen molar-refractivity contribution in [3.63, 3.8) is 0 Å². The van der Waals surface area contributed by atoms with Crippen LogP contribution in [0.3, 0.4) is 0 Å². The Balaban J connectivity index is 2.05. The normalized spacial score (nSPS) is 18.2. The van der Waals surface area contributed by atoms with E-state index in [4.69, 9.17) is 0 Å². The summed E-state index contributed by atoms with van der Waals surface area (Å²) in [6.45, 7) is 4.68. The molecular formula is C10H20N2O2S. The minimum Gasteiger partial charge on any atom is -0.355 e. The SMILES string of the molecule is CCCCNC(=O)CS(=O)CC1CNC1. The molecule has 1 saturated heterocycles. The maximum atomic E-state index is 11.5. The van der Waals surface area contributed by atoms with E-state index < -0.39 is 10.8 Å². The van der Waals surface area contributed by atoms with Crippen LogP contribution in [0.25, 0.3) is 0 Å². The summed E-state index contributed by atoms with van der Waals surface area (Å²) in [4.78, 5) is 11.3. The van der Waals surface area contributed by atoms with Gasteiger partial charge in [0.25, 0.3) is 0 Å². The number of carbonyl (C=O) groups is 1. The molecule has 1 fully saturated rings. The Hall–Kier alpha value is -0.420. The monoisotopic (exact) mass is 232 g/mol. The Morgan fingerprint density at radius 3 is 2.80 bits per heavy atom. The number of hydrogen-bond donors (Lipinski definition) is 2. The van der Waals surface area contributed by atoms with Crippen molar-refractivity contribution in [2.45, 2.75) is 19.8 Å². The molecule has 0 spiro atoms. The van der Waals surface area contributed by atoms with Crippen molar-refractivity contribution in [3.8, 4) is 0 Å². The van der Waals surface area contributed by atoms with Gasteiger partial charge in [-0.1, -0.05) is 13.3 Å². The Bertz CT molecular complexity index is 229. The fourth-order valence-electron chi connectivity index (χ4n) is 1.39. The molecule has 0 bridgehead atoms. The topological polar surface area (TPSA) is 58.2 Å². The summed E-state index contributed by atoms with van der Waals surface area (Å²) < 4.78 is 11.5. The van der Waals surface area contributed by atoms with E-state index in [9.17, 15) is 9.00 Å². The maximum absolute atomic E-state index is 11.5. The van der Waals surface area contributed by atoms with Crippen molar-refractivity contribution in [1.29, 1.82) is 0 Å². The molecule has 1 aliphatic heterocycles. The first-order chi connectivity index (χ1) is 7.22. The first kappa shape index (κ1) is 12.6. The van der Waals surface area contributed by atoms with E-state index in [-0.39, 0.29) is 11.7 Å². The molecule has 1 aliphatic rings. The molecule has 1 unspecified atom stereocenters. The summed E-state index contributed by atoms with van der Waals surface area (Å²) in [6, 6.07) is 0. The second-order valence-corrected chi connectivity index (χ2v) is 5.48. The third-order valence-electron chi connectivity index (χ3n) is 2.43. The van der Waals surface area contributed by atoms with Gasteiger partial charge in [-0.05, 0) is 12.3 Å². The molecule has 0 saturated carbocycles. The van der Waals surface area contributed by atoms with Gasteiger partial charge in [-0.2, -0.15) is 0 Å². The number of unbranched alkanes of at least 4 members (excludes halogenated alkanes) is 1. The summed E-state index contributed by atoms with van der Waals surface area (Å²) in [6.07, 6.45) is 2.06. The number of rotatable bonds is 7. The molecule has 88 valence electrons. The lowest BCUT2D eigenvalue weighted by molar-refractivity contribution is -0.118. The van der Waals surface area contributed by atoms with Crippen molar-refractivity contribution < 1.29 is 9.00 Å². The van der Waals surface area contributed by atoms with Crippen molar-refractivity contribution in [3.05, 3.63) is 0 Å². The molecule has 2 N–H and O–H groups in total. The van der Waals surface area contributed by atoms with Crippen molar-refractivity contribution >= 4 is 16.7 Å². The highest BCUT2D eigenvalue weighted by atomic mass is 32.2. The minimum absolute atomic E-state index is 0.0749. The second-order valence-electron chi connectivity index (χ2n) is 3.98. The standard InChI is InChI=1S/C10H20N2O2S/c1-2-3-4-12-10(13)8-15(14)7-9-5-11-6-9/h9,11H,2-8H2,1H3,(H,12,13). The fraction of sp³-hybridized carbons (Fsp3) is 0.900. The quantitative estimate of drug-likeness (QED) is 0.601. The van der Waals surface area contributed by atoms with E-state index in [2.05, 4.69) is 17.6 Å². The summed E-state index contributed by atoms with van der Waals surface area (Å²) >= 11 is 0. The highest BCUT2D eigenvalue weighted by Crippen LogP contribution is 2.04. The molecule has 1 amide bonds. The molecule has 1 atom stereocenters. The van der Waals surface area contributed by atoms with Crippen LogP contribution in [0.1, 0.15) is 19.8 Å². The van der Waals surface area contributed by atoms with Gasteiger partial charge in [0.15, 0.2) is 0 Å². The third-order valence-corrected chi connectivity index (χ3v) is 3.86. The molecular weight excluding hydrogens is 212 g/mol. The molecule has 0 aromatic rings. The summed E-state index contributed by atoms with van der Waals surface area (Å²) in [5.41, 5.74) is 0. The van der Waals surface area contributed by atoms with Gasteiger partial charge in [0.2, 0.25) is 5.91 Å². The summed E-state index contributed by atoms with van der Waals surface area (Å²) in [5.74, 6) is 1.26. The molecule has 0 aromatic heterocycles. The average molecular weight is 232 g/mol. The van der Waals surface area contributed by atoms with Gasteiger partial charge < -0.3 is 10.6 Å². The van der Waals surface area contributed by atoms with E-state index in [1.807, 2.05) is 0 Å². The molecule has 0 radical (unpaired) electrons. The van der Waals surface area contributed by atoms with E-state index in [0.717, 1.165) is 25.9 Å².